The molecular formula is C20H18FN5. The van der Waals surface area contributed by atoms with Gasteiger partial charge in [0.05, 0.1) is 11.2 Å². The molecule has 0 atom stereocenters. The van der Waals surface area contributed by atoms with E-state index >= 15 is 0 Å². The summed E-state index contributed by atoms with van der Waals surface area (Å²) in [6.45, 7) is 0. The third-order valence-corrected chi connectivity index (χ3v) is 5.18. The third-order valence-electron chi connectivity index (χ3n) is 5.18. The molecule has 0 bridgehead atoms. The molecule has 1 fully saturated rings. The van der Waals surface area contributed by atoms with Crippen molar-refractivity contribution in [3.05, 3.63) is 54.1 Å². The van der Waals surface area contributed by atoms with E-state index in [9.17, 15) is 4.39 Å². The van der Waals surface area contributed by atoms with Gasteiger partial charge in [-0.25, -0.2) is 9.37 Å². The third kappa shape index (κ3) is 2.67. The van der Waals surface area contributed by atoms with E-state index in [0.717, 1.165) is 45.9 Å². The van der Waals surface area contributed by atoms with E-state index in [4.69, 9.17) is 0 Å². The minimum Gasteiger partial charge on any atom is -0.277 e. The van der Waals surface area contributed by atoms with Crippen molar-refractivity contribution in [2.45, 2.75) is 25.7 Å². The number of fused-ring (bicyclic) bond motifs is 1. The fourth-order valence-corrected chi connectivity index (χ4v) is 3.47. The first kappa shape index (κ1) is 15.3. The van der Waals surface area contributed by atoms with Crippen molar-refractivity contribution in [1.29, 1.82) is 0 Å². The predicted molar refractivity (Wildman–Crippen MR) is 97.9 cm³/mol. The highest BCUT2D eigenvalue weighted by atomic mass is 19.1. The summed E-state index contributed by atoms with van der Waals surface area (Å²) in [7, 11) is 0. The summed E-state index contributed by atoms with van der Waals surface area (Å²) in [4.78, 5) is 4.66. The minimum absolute atomic E-state index is 0.256. The molecule has 1 saturated carbocycles. The molecular weight excluding hydrogens is 329 g/mol. The van der Waals surface area contributed by atoms with Crippen LogP contribution < -0.4 is 0 Å². The lowest BCUT2D eigenvalue weighted by molar-refractivity contribution is 0.309. The Hall–Kier alpha value is -3.02. The normalized spacial score (nSPS) is 14.7. The molecule has 5 rings (SSSR count). The molecule has 130 valence electrons. The quantitative estimate of drug-likeness (QED) is 0.571. The van der Waals surface area contributed by atoms with Gasteiger partial charge >= 0.3 is 0 Å². The fourth-order valence-electron chi connectivity index (χ4n) is 3.47. The zero-order valence-electron chi connectivity index (χ0n) is 14.2. The Morgan fingerprint density at radius 1 is 0.962 bits per heavy atom. The number of nitrogens with zero attached hydrogens (tertiary/aromatic N) is 3. The van der Waals surface area contributed by atoms with Gasteiger partial charge in [-0.15, -0.1) is 0 Å². The van der Waals surface area contributed by atoms with Gasteiger partial charge in [-0.1, -0.05) is 19.3 Å². The number of aromatic amines is 2. The predicted octanol–water partition coefficient (Wildman–Crippen LogP) is 4.50. The Labute approximate surface area is 149 Å². The second-order valence-electron chi connectivity index (χ2n) is 6.95. The molecule has 2 aromatic carbocycles. The van der Waals surface area contributed by atoms with Crippen molar-refractivity contribution in [2.75, 3.05) is 0 Å². The second kappa shape index (κ2) is 6.05. The minimum atomic E-state index is -0.256. The van der Waals surface area contributed by atoms with Crippen LogP contribution in [0.1, 0.15) is 25.1 Å². The van der Waals surface area contributed by atoms with Crippen molar-refractivity contribution in [3.8, 4) is 22.6 Å². The van der Waals surface area contributed by atoms with E-state index in [1.807, 2.05) is 18.2 Å². The van der Waals surface area contributed by atoms with Crippen molar-refractivity contribution < 1.29 is 4.39 Å². The lowest BCUT2D eigenvalue weighted by atomic mass is 9.83. The maximum atomic E-state index is 13.2. The molecule has 4 aromatic rings. The van der Waals surface area contributed by atoms with Crippen LogP contribution in [-0.2, 0) is 6.42 Å². The van der Waals surface area contributed by atoms with Crippen LogP contribution in [-0.4, -0.2) is 25.4 Å². The zero-order chi connectivity index (χ0) is 17.5. The maximum Gasteiger partial charge on any atom is 0.181 e. The van der Waals surface area contributed by atoms with E-state index in [0.29, 0.717) is 5.82 Å². The molecule has 6 heteroatoms. The molecule has 0 saturated heterocycles. The zero-order valence-corrected chi connectivity index (χ0v) is 14.2. The summed E-state index contributed by atoms with van der Waals surface area (Å²) < 4.78 is 13.2. The van der Waals surface area contributed by atoms with Gasteiger partial charge in [-0.3, -0.25) is 10.2 Å². The number of nitrogens with one attached hydrogen (secondary N) is 2. The first-order valence-corrected chi connectivity index (χ1v) is 8.92. The van der Waals surface area contributed by atoms with E-state index in [1.165, 1.54) is 31.4 Å². The highest BCUT2D eigenvalue weighted by molar-refractivity contribution is 5.95. The Balaban J connectivity index is 1.51. The molecule has 26 heavy (non-hydrogen) atoms. The Bertz CT molecular complexity index is 1060. The van der Waals surface area contributed by atoms with Crippen LogP contribution in [0.5, 0.6) is 0 Å². The molecule has 0 aliphatic heterocycles. The van der Waals surface area contributed by atoms with Crippen LogP contribution in [0, 0.1) is 11.7 Å². The standard InChI is InChI=1S/C20H18FN5/c21-15-7-4-13(5-8-15)19-16-11-14(6-9-17(16)23-25-19)20-22-18(24-26-20)10-12-2-1-3-12/h4-9,11-12H,1-3,10H2,(H,23,25)(H,22,24,26). The summed E-state index contributed by atoms with van der Waals surface area (Å²) in [5.41, 5.74) is 3.54. The lowest BCUT2D eigenvalue weighted by Crippen LogP contribution is -2.14. The van der Waals surface area contributed by atoms with E-state index < -0.39 is 0 Å². The number of halogens is 1. The van der Waals surface area contributed by atoms with Gasteiger partial charge in [0.2, 0.25) is 0 Å². The van der Waals surface area contributed by atoms with Crippen molar-refractivity contribution in [3.63, 3.8) is 0 Å². The lowest BCUT2D eigenvalue weighted by Gasteiger charge is -2.23. The van der Waals surface area contributed by atoms with Crippen LogP contribution in [0.3, 0.4) is 0 Å². The molecule has 5 nitrogen and oxygen atoms in total. The number of hydrogen-bond donors (Lipinski definition) is 2. The Kier molecular flexibility index (Phi) is 3.55. The highest BCUT2D eigenvalue weighted by Gasteiger charge is 2.20. The Morgan fingerprint density at radius 3 is 2.54 bits per heavy atom. The molecule has 2 aromatic heterocycles. The first-order chi connectivity index (χ1) is 12.8. The van der Waals surface area contributed by atoms with Gasteiger partial charge in [0.1, 0.15) is 11.6 Å². The smallest absolute Gasteiger partial charge is 0.181 e. The van der Waals surface area contributed by atoms with E-state index in [1.54, 1.807) is 12.1 Å². The highest BCUT2D eigenvalue weighted by Crippen LogP contribution is 2.31. The molecule has 1 aliphatic rings. The van der Waals surface area contributed by atoms with Crippen molar-refractivity contribution in [2.24, 2.45) is 5.92 Å². The molecule has 0 radical (unpaired) electrons. The van der Waals surface area contributed by atoms with Crippen molar-refractivity contribution >= 4 is 10.9 Å². The average Bonchev–Trinajstić information content (AvgIpc) is 3.25. The average molecular weight is 347 g/mol. The van der Waals surface area contributed by atoms with Gasteiger partial charge in [0, 0.05) is 22.9 Å². The fraction of sp³-hybridized carbons (Fsp3) is 0.250. The van der Waals surface area contributed by atoms with Gasteiger partial charge in [0.25, 0.3) is 0 Å². The van der Waals surface area contributed by atoms with Crippen molar-refractivity contribution in [1.82, 2.24) is 25.4 Å². The molecule has 0 amide bonds. The molecule has 2 N–H and O–H groups in total. The number of hydrogen-bond acceptors (Lipinski definition) is 3. The molecule has 0 spiro atoms. The van der Waals surface area contributed by atoms with Gasteiger partial charge in [-0.05, 0) is 48.4 Å². The SMILES string of the molecule is Fc1ccc(-c2n[nH]c3ccc(-c4n[nH]c(CC5CCC5)n4)cc23)cc1. The van der Waals surface area contributed by atoms with Crippen LogP contribution in [0.15, 0.2) is 42.5 Å². The van der Waals surface area contributed by atoms with E-state index in [-0.39, 0.29) is 5.82 Å². The summed E-state index contributed by atoms with van der Waals surface area (Å²) in [6.07, 6.45) is 4.88. The van der Waals surface area contributed by atoms with Crippen LogP contribution in [0.2, 0.25) is 0 Å². The first-order valence-electron chi connectivity index (χ1n) is 8.92. The van der Waals surface area contributed by atoms with E-state index in [2.05, 4.69) is 25.4 Å². The maximum absolute atomic E-state index is 13.2. The monoisotopic (exact) mass is 347 g/mol. The number of benzene rings is 2. The van der Waals surface area contributed by atoms with Gasteiger partial charge in [0.15, 0.2) is 5.82 Å². The van der Waals surface area contributed by atoms with Crippen LogP contribution in [0.4, 0.5) is 4.39 Å². The number of H-pyrrole nitrogens is 2. The second-order valence-corrected chi connectivity index (χ2v) is 6.95. The Morgan fingerprint density at radius 2 is 1.77 bits per heavy atom. The van der Waals surface area contributed by atoms with Crippen LogP contribution >= 0.6 is 0 Å². The number of aromatic nitrogens is 5. The number of rotatable bonds is 4. The van der Waals surface area contributed by atoms with Crippen LogP contribution in [0.25, 0.3) is 33.5 Å². The van der Waals surface area contributed by atoms with Gasteiger partial charge in [-0.2, -0.15) is 10.2 Å². The van der Waals surface area contributed by atoms with Gasteiger partial charge < -0.3 is 0 Å². The summed E-state index contributed by atoms with van der Waals surface area (Å²) >= 11 is 0. The largest absolute Gasteiger partial charge is 0.277 e. The summed E-state index contributed by atoms with van der Waals surface area (Å²) in [5.74, 6) is 2.15. The molecule has 2 heterocycles. The summed E-state index contributed by atoms with van der Waals surface area (Å²) in [6, 6.07) is 12.4. The summed E-state index contributed by atoms with van der Waals surface area (Å²) in [5, 5.41) is 15.9. The topological polar surface area (TPSA) is 70.2 Å². The molecule has 1 aliphatic carbocycles. The molecule has 0 unspecified atom stereocenters.